The van der Waals surface area contributed by atoms with Crippen molar-refractivity contribution in [1.82, 2.24) is 10.2 Å². The van der Waals surface area contributed by atoms with Crippen LogP contribution < -0.4 is 5.32 Å². The fraction of sp³-hybridized carbons (Fsp3) is 0.400. The number of rotatable bonds is 8. The molecule has 3 atom stereocenters. The normalized spacial score (nSPS) is 19.4. The number of nitrogens with one attached hydrogen (secondary N) is 1. The highest BCUT2D eigenvalue weighted by Crippen LogP contribution is 2.44. The molecular weight excluding hydrogens is 408 g/mol. The zero-order valence-corrected chi connectivity index (χ0v) is 18.3. The summed E-state index contributed by atoms with van der Waals surface area (Å²) in [5.41, 5.74) is 4.65. The number of alkyl carbamates (subject to hydrolysis) is 1. The first-order valence-corrected chi connectivity index (χ1v) is 11.0. The predicted molar refractivity (Wildman–Crippen MR) is 119 cm³/mol. The van der Waals surface area contributed by atoms with E-state index in [1.165, 1.54) is 23.1 Å². The molecule has 32 heavy (non-hydrogen) atoms. The van der Waals surface area contributed by atoms with Crippen LogP contribution in [0.1, 0.15) is 36.8 Å². The van der Waals surface area contributed by atoms with Crippen molar-refractivity contribution in [3.8, 4) is 11.1 Å². The second-order valence-electron chi connectivity index (χ2n) is 8.52. The van der Waals surface area contributed by atoms with E-state index >= 15 is 0 Å². The number of nitrogens with zero attached hydrogens (tertiary/aromatic N) is 1. The number of carbonyl (C=O) groups excluding carboxylic acids is 2. The first-order chi connectivity index (χ1) is 15.4. The number of aliphatic carboxylic acids is 1. The van der Waals surface area contributed by atoms with Gasteiger partial charge in [-0.3, -0.25) is 4.79 Å². The molecule has 1 unspecified atom stereocenters. The number of likely N-dealkylation sites (N-methyl/N-ethyl adjacent to an activating group) is 1. The number of carboxylic acid groups (broad SMARTS) is 1. The summed E-state index contributed by atoms with van der Waals surface area (Å²) in [5, 5.41) is 12.0. The Kier molecular flexibility index (Phi) is 6.17. The average Bonchev–Trinajstić information content (AvgIpc) is 3.50. The van der Waals surface area contributed by atoms with Gasteiger partial charge in [0.15, 0.2) is 0 Å². The maximum absolute atomic E-state index is 12.5. The highest BCUT2D eigenvalue weighted by atomic mass is 16.5. The van der Waals surface area contributed by atoms with Crippen LogP contribution in [0.4, 0.5) is 4.79 Å². The van der Waals surface area contributed by atoms with Gasteiger partial charge in [-0.1, -0.05) is 55.5 Å². The van der Waals surface area contributed by atoms with Gasteiger partial charge < -0.3 is 20.1 Å². The summed E-state index contributed by atoms with van der Waals surface area (Å²) in [6.45, 7) is 2.32. The lowest BCUT2D eigenvalue weighted by atomic mass is 9.98. The zero-order chi connectivity index (χ0) is 22.8. The second-order valence-corrected chi connectivity index (χ2v) is 8.52. The van der Waals surface area contributed by atoms with E-state index in [0.717, 1.165) is 11.1 Å². The largest absolute Gasteiger partial charge is 0.480 e. The zero-order valence-electron chi connectivity index (χ0n) is 18.3. The van der Waals surface area contributed by atoms with Crippen molar-refractivity contribution in [1.29, 1.82) is 0 Å². The molecule has 1 saturated carbocycles. The van der Waals surface area contributed by atoms with E-state index in [-0.39, 0.29) is 30.3 Å². The van der Waals surface area contributed by atoms with Crippen LogP contribution in [-0.2, 0) is 14.3 Å². The minimum absolute atomic E-state index is 0.000883. The Labute approximate surface area is 187 Å². The van der Waals surface area contributed by atoms with Crippen LogP contribution in [0.25, 0.3) is 11.1 Å². The molecule has 2 N–H and O–H groups in total. The van der Waals surface area contributed by atoms with E-state index in [0.29, 0.717) is 19.4 Å². The highest BCUT2D eigenvalue weighted by molar-refractivity contribution is 5.86. The van der Waals surface area contributed by atoms with E-state index in [1.807, 2.05) is 24.3 Å². The Morgan fingerprint density at radius 1 is 1.09 bits per heavy atom. The number of fused-ring (bicyclic) bond motifs is 3. The van der Waals surface area contributed by atoms with E-state index in [2.05, 4.69) is 29.6 Å². The number of carbonyl (C=O) groups is 3. The molecule has 0 heterocycles. The minimum atomic E-state index is -1.00. The summed E-state index contributed by atoms with van der Waals surface area (Å²) in [7, 11) is 1.53. The molecule has 7 heteroatoms. The monoisotopic (exact) mass is 436 g/mol. The van der Waals surface area contributed by atoms with Gasteiger partial charge in [0.1, 0.15) is 12.6 Å². The summed E-state index contributed by atoms with van der Waals surface area (Å²) >= 11 is 0. The van der Waals surface area contributed by atoms with Crippen LogP contribution in [0.15, 0.2) is 48.5 Å². The van der Waals surface area contributed by atoms with Crippen molar-refractivity contribution in [2.24, 2.45) is 11.8 Å². The van der Waals surface area contributed by atoms with E-state index < -0.39 is 18.1 Å². The lowest BCUT2D eigenvalue weighted by molar-refractivity contribution is -0.149. The van der Waals surface area contributed by atoms with Crippen LogP contribution in [0, 0.1) is 11.8 Å². The molecule has 0 bridgehead atoms. The third-order valence-corrected chi connectivity index (χ3v) is 6.58. The molecule has 0 radical (unpaired) electrons. The second kappa shape index (κ2) is 9.02. The number of hydrogen-bond donors (Lipinski definition) is 2. The molecule has 0 saturated heterocycles. The van der Waals surface area contributed by atoms with Gasteiger partial charge >= 0.3 is 12.1 Å². The van der Waals surface area contributed by atoms with E-state index in [9.17, 15) is 19.5 Å². The summed E-state index contributed by atoms with van der Waals surface area (Å²) in [6, 6.07) is 15.5. The van der Waals surface area contributed by atoms with Crippen molar-refractivity contribution in [2.75, 3.05) is 20.2 Å². The van der Waals surface area contributed by atoms with Gasteiger partial charge in [-0.2, -0.15) is 0 Å². The topological polar surface area (TPSA) is 95.9 Å². The molecule has 168 valence electrons. The Balaban J connectivity index is 1.27. The van der Waals surface area contributed by atoms with E-state index in [1.54, 1.807) is 6.92 Å². The number of ether oxygens (including phenoxy) is 1. The molecule has 2 aliphatic rings. The summed E-state index contributed by atoms with van der Waals surface area (Å²) in [6.07, 6.45) is 0.492. The Morgan fingerprint density at radius 3 is 2.25 bits per heavy atom. The number of benzene rings is 2. The van der Waals surface area contributed by atoms with Crippen molar-refractivity contribution in [3.63, 3.8) is 0 Å². The van der Waals surface area contributed by atoms with Gasteiger partial charge in [-0.15, -0.1) is 0 Å². The van der Waals surface area contributed by atoms with Gasteiger partial charge in [0.2, 0.25) is 5.91 Å². The smallest absolute Gasteiger partial charge is 0.407 e. The third kappa shape index (κ3) is 4.20. The number of hydrogen-bond acceptors (Lipinski definition) is 4. The fourth-order valence-electron chi connectivity index (χ4n) is 4.67. The molecule has 1 fully saturated rings. The molecule has 2 aromatic carbocycles. The molecule has 2 amide bonds. The molecule has 7 nitrogen and oxygen atoms in total. The first-order valence-electron chi connectivity index (χ1n) is 11.0. The van der Waals surface area contributed by atoms with Crippen LogP contribution in [0.2, 0.25) is 0 Å². The van der Waals surface area contributed by atoms with E-state index in [4.69, 9.17) is 4.74 Å². The Hall–Kier alpha value is -3.35. The summed E-state index contributed by atoms with van der Waals surface area (Å²) < 4.78 is 5.53. The van der Waals surface area contributed by atoms with Crippen molar-refractivity contribution >= 4 is 18.0 Å². The van der Waals surface area contributed by atoms with Gasteiger partial charge in [0.05, 0.1) is 0 Å². The van der Waals surface area contributed by atoms with Crippen molar-refractivity contribution in [2.45, 2.75) is 31.7 Å². The highest BCUT2D eigenvalue weighted by Gasteiger charge is 2.45. The molecule has 0 aromatic heterocycles. The molecule has 0 spiro atoms. The lowest BCUT2D eigenvalue weighted by Crippen LogP contribution is -2.43. The Bertz CT molecular complexity index is 991. The molecule has 2 aromatic rings. The summed E-state index contributed by atoms with van der Waals surface area (Å²) in [5.74, 6) is -1.42. The van der Waals surface area contributed by atoms with Crippen LogP contribution >= 0.6 is 0 Å². The number of amides is 2. The maximum atomic E-state index is 12.5. The molecular formula is C25H28N2O5. The number of carboxylic acids is 1. The predicted octanol–water partition coefficient (Wildman–Crippen LogP) is 3.48. The maximum Gasteiger partial charge on any atom is 0.407 e. The minimum Gasteiger partial charge on any atom is -0.480 e. The van der Waals surface area contributed by atoms with Crippen LogP contribution in [-0.4, -0.2) is 54.2 Å². The summed E-state index contributed by atoms with van der Waals surface area (Å²) in [4.78, 5) is 37.4. The van der Waals surface area contributed by atoms with Gasteiger partial charge in [-0.25, -0.2) is 9.59 Å². The fourth-order valence-corrected chi connectivity index (χ4v) is 4.67. The lowest BCUT2D eigenvalue weighted by Gasteiger charge is -2.24. The van der Waals surface area contributed by atoms with Crippen LogP contribution in [0.3, 0.4) is 0 Å². The first kappa shape index (κ1) is 21.9. The Morgan fingerprint density at radius 2 is 1.69 bits per heavy atom. The molecule has 2 aliphatic carbocycles. The average molecular weight is 437 g/mol. The molecule has 0 aliphatic heterocycles. The molecule has 4 rings (SSSR count). The SMILES string of the molecule is CCC(C(=O)O)N(C)C(=O)[C@@H]1C[C@@H]1CNC(=O)OCC1c2ccccc2-c2ccccc21. The third-order valence-electron chi connectivity index (χ3n) is 6.58. The van der Waals surface area contributed by atoms with Gasteiger partial charge in [0, 0.05) is 25.4 Å². The quantitative estimate of drug-likeness (QED) is 0.661. The van der Waals surface area contributed by atoms with Gasteiger partial charge in [0.25, 0.3) is 0 Å². The standard InChI is InChI=1S/C25H28N2O5/c1-3-22(24(29)30)27(2)23(28)20-12-15(20)13-26-25(31)32-14-21-18-10-6-4-8-16(18)17-9-5-7-11-19(17)21/h4-11,15,20-22H,3,12-14H2,1-2H3,(H,26,31)(H,29,30)/t15-,20-,22?/m1/s1. The van der Waals surface area contributed by atoms with Crippen molar-refractivity contribution in [3.05, 3.63) is 59.7 Å². The van der Waals surface area contributed by atoms with Crippen molar-refractivity contribution < 1.29 is 24.2 Å². The van der Waals surface area contributed by atoms with Crippen LogP contribution in [0.5, 0.6) is 0 Å². The van der Waals surface area contributed by atoms with Gasteiger partial charge in [-0.05, 0) is 41.0 Å².